The number of likely N-dealkylation sites (N-methyl/N-ethyl adjacent to an activating group) is 1. The first-order valence-electron chi connectivity index (χ1n) is 6.88. The van der Waals surface area contributed by atoms with E-state index in [4.69, 9.17) is 0 Å². The van der Waals surface area contributed by atoms with Crippen molar-refractivity contribution in [2.45, 2.75) is 27.2 Å². The van der Waals surface area contributed by atoms with Crippen molar-refractivity contribution < 1.29 is 9.90 Å². The van der Waals surface area contributed by atoms with E-state index in [-0.39, 0.29) is 11.7 Å². The summed E-state index contributed by atoms with van der Waals surface area (Å²) < 4.78 is 0. The Hall–Kier alpha value is -1.55. The summed E-state index contributed by atoms with van der Waals surface area (Å²) in [5, 5.41) is 12.5. The second-order valence-corrected chi connectivity index (χ2v) is 4.69. The molecule has 106 valence electrons. The van der Waals surface area contributed by atoms with Crippen molar-refractivity contribution in [1.29, 1.82) is 0 Å². The summed E-state index contributed by atoms with van der Waals surface area (Å²) in [5.41, 5.74) is 1.28. The number of carbonyl (C=O) groups is 1. The van der Waals surface area contributed by atoms with Gasteiger partial charge in [0.2, 0.25) is 0 Å². The van der Waals surface area contributed by atoms with Crippen LogP contribution in [0.1, 0.15) is 36.2 Å². The first-order chi connectivity index (χ1) is 9.08. The maximum atomic E-state index is 11.9. The highest BCUT2D eigenvalue weighted by Crippen LogP contribution is 2.17. The number of nitrogens with zero attached hydrogens (tertiary/aromatic N) is 1. The van der Waals surface area contributed by atoms with Crippen LogP contribution >= 0.6 is 0 Å². The van der Waals surface area contributed by atoms with Crippen LogP contribution in [-0.2, 0) is 0 Å². The van der Waals surface area contributed by atoms with Crippen molar-refractivity contribution in [1.82, 2.24) is 10.2 Å². The van der Waals surface area contributed by atoms with Crippen LogP contribution in [-0.4, -0.2) is 42.1 Å². The van der Waals surface area contributed by atoms with Crippen LogP contribution in [0.2, 0.25) is 0 Å². The third kappa shape index (κ3) is 4.91. The lowest BCUT2D eigenvalue weighted by Gasteiger charge is -2.19. The third-order valence-electron chi connectivity index (χ3n) is 3.17. The maximum absolute atomic E-state index is 11.9. The molecular weight excluding hydrogens is 240 g/mol. The summed E-state index contributed by atoms with van der Waals surface area (Å²) in [6.07, 6.45) is 1.12. The number of carbonyl (C=O) groups excluding carboxylic acids is 1. The van der Waals surface area contributed by atoms with Crippen LogP contribution in [0, 0.1) is 6.92 Å². The van der Waals surface area contributed by atoms with Gasteiger partial charge in [0.25, 0.3) is 5.91 Å². The monoisotopic (exact) mass is 264 g/mol. The summed E-state index contributed by atoms with van der Waals surface area (Å²) in [6, 6.07) is 4.99. The zero-order valence-electron chi connectivity index (χ0n) is 12.1. The Morgan fingerprint density at radius 1 is 1.32 bits per heavy atom. The van der Waals surface area contributed by atoms with Crippen LogP contribution in [0.4, 0.5) is 0 Å². The van der Waals surface area contributed by atoms with Crippen LogP contribution in [0.15, 0.2) is 18.2 Å². The van der Waals surface area contributed by atoms with Gasteiger partial charge in [0, 0.05) is 18.7 Å². The molecule has 0 fully saturated rings. The fourth-order valence-electron chi connectivity index (χ4n) is 1.92. The highest BCUT2D eigenvalue weighted by Gasteiger charge is 2.08. The van der Waals surface area contributed by atoms with Crippen LogP contribution in [0.5, 0.6) is 5.75 Å². The smallest absolute Gasteiger partial charge is 0.251 e. The van der Waals surface area contributed by atoms with Gasteiger partial charge in [0.15, 0.2) is 0 Å². The Morgan fingerprint density at radius 2 is 2.05 bits per heavy atom. The predicted molar refractivity (Wildman–Crippen MR) is 77.6 cm³/mol. The largest absolute Gasteiger partial charge is 0.508 e. The van der Waals surface area contributed by atoms with Crippen LogP contribution in [0.25, 0.3) is 0 Å². The SMILES string of the molecule is CCCN(CC)CCNC(=O)c1ccc(C)c(O)c1. The standard InChI is InChI=1S/C15H24N2O2/c1-4-9-17(5-2)10-8-16-15(19)13-7-6-12(3)14(18)11-13/h6-7,11,18H,4-5,8-10H2,1-3H3,(H,16,19). The molecule has 19 heavy (non-hydrogen) atoms. The van der Waals surface area contributed by atoms with Gasteiger partial charge in [0.05, 0.1) is 0 Å². The van der Waals surface area contributed by atoms with Gasteiger partial charge in [-0.2, -0.15) is 0 Å². The summed E-state index contributed by atoms with van der Waals surface area (Å²) in [5.74, 6) is 0.0247. The Labute approximate surface area is 115 Å². The Bertz CT molecular complexity index is 419. The van der Waals surface area contributed by atoms with E-state index in [9.17, 15) is 9.90 Å². The number of phenols is 1. The van der Waals surface area contributed by atoms with E-state index in [1.165, 1.54) is 6.07 Å². The lowest BCUT2D eigenvalue weighted by atomic mass is 10.1. The van der Waals surface area contributed by atoms with Gasteiger partial charge in [-0.1, -0.05) is 19.9 Å². The molecule has 0 aliphatic carbocycles. The molecule has 0 aliphatic heterocycles. The van der Waals surface area contributed by atoms with E-state index in [0.29, 0.717) is 12.1 Å². The molecule has 4 nitrogen and oxygen atoms in total. The summed E-state index contributed by atoms with van der Waals surface area (Å²) >= 11 is 0. The minimum absolute atomic E-state index is 0.136. The zero-order chi connectivity index (χ0) is 14.3. The highest BCUT2D eigenvalue weighted by molar-refractivity contribution is 5.94. The van der Waals surface area contributed by atoms with Gasteiger partial charge in [-0.15, -0.1) is 0 Å². The van der Waals surface area contributed by atoms with Gasteiger partial charge in [-0.25, -0.2) is 0 Å². The second-order valence-electron chi connectivity index (χ2n) is 4.69. The van der Waals surface area contributed by atoms with Crippen molar-refractivity contribution in [2.24, 2.45) is 0 Å². The fraction of sp³-hybridized carbons (Fsp3) is 0.533. The minimum atomic E-state index is -0.136. The van der Waals surface area contributed by atoms with Gasteiger partial charge in [0.1, 0.15) is 5.75 Å². The first kappa shape index (κ1) is 15.5. The van der Waals surface area contributed by atoms with E-state index >= 15 is 0 Å². The topological polar surface area (TPSA) is 52.6 Å². The molecule has 0 aromatic heterocycles. The first-order valence-corrected chi connectivity index (χ1v) is 6.88. The van der Waals surface area contributed by atoms with Crippen molar-refractivity contribution in [2.75, 3.05) is 26.2 Å². The molecule has 0 unspecified atom stereocenters. The number of benzene rings is 1. The maximum Gasteiger partial charge on any atom is 0.251 e. The number of aryl methyl sites for hydroxylation is 1. The van der Waals surface area contributed by atoms with Crippen molar-refractivity contribution in [3.63, 3.8) is 0 Å². The summed E-state index contributed by atoms with van der Waals surface area (Å²) in [7, 11) is 0. The minimum Gasteiger partial charge on any atom is -0.508 e. The number of hydrogen-bond donors (Lipinski definition) is 2. The molecule has 0 saturated carbocycles. The highest BCUT2D eigenvalue weighted by atomic mass is 16.3. The molecule has 0 heterocycles. The van der Waals surface area contributed by atoms with E-state index < -0.39 is 0 Å². The number of aromatic hydroxyl groups is 1. The molecule has 0 radical (unpaired) electrons. The number of hydrogen-bond acceptors (Lipinski definition) is 3. The van der Waals surface area contributed by atoms with Crippen molar-refractivity contribution >= 4 is 5.91 Å². The van der Waals surface area contributed by atoms with Gasteiger partial charge < -0.3 is 15.3 Å². The molecular formula is C15H24N2O2. The van der Waals surface area contributed by atoms with E-state index in [0.717, 1.165) is 31.6 Å². The third-order valence-corrected chi connectivity index (χ3v) is 3.17. The zero-order valence-corrected chi connectivity index (χ0v) is 12.1. The summed E-state index contributed by atoms with van der Waals surface area (Å²) in [4.78, 5) is 14.2. The van der Waals surface area contributed by atoms with Crippen LogP contribution in [0.3, 0.4) is 0 Å². The lowest BCUT2D eigenvalue weighted by molar-refractivity contribution is 0.0948. The molecule has 1 amide bonds. The van der Waals surface area contributed by atoms with Crippen molar-refractivity contribution in [3.8, 4) is 5.75 Å². The number of phenolic OH excluding ortho intramolecular Hbond substituents is 1. The normalized spacial score (nSPS) is 10.7. The Morgan fingerprint density at radius 3 is 2.63 bits per heavy atom. The molecule has 0 saturated heterocycles. The van der Waals surface area contributed by atoms with E-state index in [1.807, 2.05) is 0 Å². The molecule has 1 aromatic rings. The molecule has 0 spiro atoms. The predicted octanol–water partition coefficient (Wildman–Crippen LogP) is 2.16. The Kier molecular flexibility index (Phi) is 6.36. The fourth-order valence-corrected chi connectivity index (χ4v) is 1.92. The number of nitrogens with one attached hydrogen (secondary N) is 1. The molecule has 1 rings (SSSR count). The van der Waals surface area contributed by atoms with Gasteiger partial charge >= 0.3 is 0 Å². The second kappa shape index (κ2) is 7.79. The Balaban J connectivity index is 2.44. The molecule has 1 aromatic carbocycles. The molecule has 0 bridgehead atoms. The van der Waals surface area contributed by atoms with Crippen LogP contribution < -0.4 is 5.32 Å². The average molecular weight is 264 g/mol. The summed E-state index contributed by atoms with van der Waals surface area (Å²) in [6.45, 7) is 9.61. The molecule has 2 N–H and O–H groups in total. The lowest BCUT2D eigenvalue weighted by Crippen LogP contribution is -2.35. The van der Waals surface area contributed by atoms with E-state index in [2.05, 4.69) is 24.1 Å². The molecule has 0 atom stereocenters. The average Bonchev–Trinajstić information content (AvgIpc) is 2.40. The number of rotatable bonds is 7. The quantitative estimate of drug-likeness (QED) is 0.793. The van der Waals surface area contributed by atoms with Gasteiger partial charge in [-0.05, 0) is 44.1 Å². The molecule has 0 aliphatic rings. The van der Waals surface area contributed by atoms with Gasteiger partial charge in [-0.3, -0.25) is 4.79 Å². The van der Waals surface area contributed by atoms with Crippen molar-refractivity contribution in [3.05, 3.63) is 29.3 Å². The van der Waals surface area contributed by atoms with E-state index in [1.54, 1.807) is 19.1 Å². The number of amides is 1. The molecule has 4 heteroatoms.